The lowest BCUT2D eigenvalue weighted by atomic mass is 10.3. The van der Waals surface area contributed by atoms with Crippen LogP contribution in [0.5, 0.6) is 0 Å². The molecule has 0 fully saturated rings. The summed E-state index contributed by atoms with van der Waals surface area (Å²) in [5, 5.41) is 3.34. The van der Waals surface area contributed by atoms with Crippen molar-refractivity contribution in [2.45, 2.75) is 33.7 Å². The van der Waals surface area contributed by atoms with Crippen LogP contribution in [0.1, 0.15) is 27.9 Å². The Balaban J connectivity index is 2.01. The number of nitrogens with zero attached hydrogens (tertiary/aromatic N) is 2. The van der Waals surface area contributed by atoms with Crippen molar-refractivity contribution in [2.24, 2.45) is 0 Å². The van der Waals surface area contributed by atoms with Gasteiger partial charge in [0.25, 0.3) is 0 Å². The molecular weight excluding hydrogens is 230 g/mol. The molecular formula is C13H17N3S. The number of rotatable bonds is 4. The molecule has 90 valence electrons. The predicted octanol–water partition coefficient (Wildman–Crippen LogP) is 3.33. The number of anilines is 1. The Hall–Kier alpha value is -1.42. The number of aryl methyl sites for hydroxylation is 3. The fourth-order valence-electron chi connectivity index (χ4n) is 1.60. The van der Waals surface area contributed by atoms with E-state index in [-0.39, 0.29) is 0 Å². The van der Waals surface area contributed by atoms with E-state index in [1.165, 1.54) is 15.3 Å². The topological polar surface area (TPSA) is 37.8 Å². The molecule has 4 heteroatoms. The maximum atomic E-state index is 4.21. The van der Waals surface area contributed by atoms with Gasteiger partial charge in [-0.2, -0.15) is 0 Å². The lowest BCUT2D eigenvalue weighted by Gasteiger charge is -2.04. The Morgan fingerprint density at radius 1 is 1.24 bits per heavy atom. The maximum Gasteiger partial charge on any atom is 0.129 e. The van der Waals surface area contributed by atoms with Crippen molar-refractivity contribution in [1.82, 2.24) is 9.97 Å². The van der Waals surface area contributed by atoms with Gasteiger partial charge in [0.05, 0.1) is 6.54 Å². The van der Waals surface area contributed by atoms with Gasteiger partial charge in [-0.1, -0.05) is 6.92 Å². The van der Waals surface area contributed by atoms with E-state index in [0.29, 0.717) is 0 Å². The van der Waals surface area contributed by atoms with Crippen LogP contribution < -0.4 is 5.32 Å². The number of nitrogens with one attached hydrogen (secondary N) is 1. The molecule has 0 amide bonds. The SMILES string of the molecule is CCc1cc(NCc2cc(C)c(C)s2)ncn1. The van der Waals surface area contributed by atoms with Crippen LogP contribution in [0.3, 0.4) is 0 Å². The number of hydrogen-bond acceptors (Lipinski definition) is 4. The highest BCUT2D eigenvalue weighted by atomic mass is 32.1. The average molecular weight is 247 g/mol. The maximum absolute atomic E-state index is 4.21. The van der Waals surface area contributed by atoms with Crippen molar-refractivity contribution >= 4 is 17.2 Å². The zero-order chi connectivity index (χ0) is 12.3. The van der Waals surface area contributed by atoms with Crippen LogP contribution >= 0.6 is 11.3 Å². The van der Waals surface area contributed by atoms with Gasteiger partial charge in [0.1, 0.15) is 12.1 Å². The van der Waals surface area contributed by atoms with Crippen LogP contribution in [-0.2, 0) is 13.0 Å². The van der Waals surface area contributed by atoms with Gasteiger partial charge < -0.3 is 5.32 Å². The minimum Gasteiger partial charge on any atom is -0.365 e. The Labute approximate surface area is 106 Å². The first-order chi connectivity index (χ1) is 8.19. The molecule has 0 saturated heterocycles. The van der Waals surface area contributed by atoms with Crippen LogP contribution in [0.25, 0.3) is 0 Å². The van der Waals surface area contributed by atoms with Crippen molar-refractivity contribution in [3.8, 4) is 0 Å². The largest absolute Gasteiger partial charge is 0.365 e. The van der Waals surface area contributed by atoms with Gasteiger partial charge in [-0.05, 0) is 31.9 Å². The summed E-state index contributed by atoms with van der Waals surface area (Å²) in [6.45, 7) is 7.23. The van der Waals surface area contributed by atoms with E-state index in [1.54, 1.807) is 6.33 Å². The van der Waals surface area contributed by atoms with Gasteiger partial charge in [0, 0.05) is 21.5 Å². The highest BCUT2D eigenvalue weighted by molar-refractivity contribution is 7.12. The first kappa shape index (κ1) is 12.0. The monoisotopic (exact) mass is 247 g/mol. The summed E-state index contributed by atoms with van der Waals surface area (Å²) in [6, 6.07) is 4.24. The fourth-order valence-corrected chi connectivity index (χ4v) is 2.60. The van der Waals surface area contributed by atoms with Crippen molar-refractivity contribution in [3.63, 3.8) is 0 Å². The highest BCUT2D eigenvalue weighted by Gasteiger charge is 2.02. The molecule has 0 aliphatic carbocycles. The summed E-state index contributed by atoms with van der Waals surface area (Å²) < 4.78 is 0. The molecule has 0 aromatic carbocycles. The second kappa shape index (κ2) is 5.27. The number of hydrogen-bond donors (Lipinski definition) is 1. The van der Waals surface area contributed by atoms with E-state index in [4.69, 9.17) is 0 Å². The van der Waals surface area contributed by atoms with Gasteiger partial charge >= 0.3 is 0 Å². The van der Waals surface area contributed by atoms with E-state index >= 15 is 0 Å². The van der Waals surface area contributed by atoms with Crippen LogP contribution in [0.15, 0.2) is 18.5 Å². The van der Waals surface area contributed by atoms with Crippen LogP contribution in [-0.4, -0.2) is 9.97 Å². The van der Waals surface area contributed by atoms with E-state index in [2.05, 4.69) is 42.1 Å². The third-order valence-corrected chi connectivity index (χ3v) is 3.90. The van der Waals surface area contributed by atoms with Gasteiger partial charge in [0.15, 0.2) is 0 Å². The molecule has 0 unspecified atom stereocenters. The standard InChI is InChI=1S/C13H17N3S/c1-4-11-6-13(16-8-15-11)14-7-12-5-9(2)10(3)17-12/h5-6,8H,4,7H2,1-3H3,(H,14,15,16). The number of thiophene rings is 1. The smallest absolute Gasteiger partial charge is 0.129 e. The fraction of sp³-hybridized carbons (Fsp3) is 0.385. The van der Waals surface area contributed by atoms with E-state index in [0.717, 1.165) is 24.5 Å². The van der Waals surface area contributed by atoms with Crippen LogP contribution in [0.2, 0.25) is 0 Å². The molecule has 2 aromatic rings. The second-order valence-electron chi connectivity index (χ2n) is 4.05. The molecule has 17 heavy (non-hydrogen) atoms. The molecule has 1 N–H and O–H groups in total. The third kappa shape index (κ3) is 3.03. The zero-order valence-electron chi connectivity index (χ0n) is 10.4. The molecule has 2 rings (SSSR count). The quantitative estimate of drug-likeness (QED) is 0.900. The number of aromatic nitrogens is 2. The summed E-state index contributed by atoms with van der Waals surface area (Å²) in [5.41, 5.74) is 2.43. The Kier molecular flexibility index (Phi) is 3.74. The zero-order valence-corrected chi connectivity index (χ0v) is 11.3. The predicted molar refractivity (Wildman–Crippen MR) is 72.5 cm³/mol. The van der Waals surface area contributed by atoms with Gasteiger partial charge in [-0.15, -0.1) is 11.3 Å². The normalized spacial score (nSPS) is 10.5. The summed E-state index contributed by atoms with van der Waals surface area (Å²) >= 11 is 1.84. The molecule has 3 nitrogen and oxygen atoms in total. The highest BCUT2D eigenvalue weighted by Crippen LogP contribution is 2.21. The molecule has 0 bridgehead atoms. The van der Waals surface area contributed by atoms with E-state index in [1.807, 2.05) is 17.4 Å². The van der Waals surface area contributed by atoms with Crippen molar-refractivity contribution in [1.29, 1.82) is 0 Å². The minimum atomic E-state index is 0.833. The first-order valence-electron chi connectivity index (χ1n) is 5.79. The van der Waals surface area contributed by atoms with Gasteiger partial charge in [-0.25, -0.2) is 9.97 Å². The Morgan fingerprint density at radius 3 is 2.71 bits per heavy atom. The molecule has 2 heterocycles. The molecule has 0 aliphatic rings. The lowest BCUT2D eigenvalue weighted by Crippen LogP contribution is -2.01. The van der Waals surface area contributed by atoms with E-state index < -0.39 is 0 Å². The van der Waals surface area contributed by atoms with E-state index in [9.17, 15) is 0 Å². The Bertz CT molecular complexity index is 486. The Morgan fingerprint density at radius 2 is 2.06 bits per heavy atom. The summed E-state index contributed by atoms with van der Waals surface area (Å²) in [4.78, 5) is 11.1. The van der Waals surface area contributed by atoms with Gasteiger partial charge in [0.2, 0.25) is 0 Å². The average Bonchev–Trinajstić information content (AvgIpc) is 2.67. The third-order valence-electron chi connectivity index (χ3n) is 2.75. The minimum absolute atomic E-state index is 0.833. The summed E-state index contributed by atoms with van der Waals surface area (Å²) in [6.07, 6.45) is 2.56. The molecule has 0 saturated carbocycles. The molecule has 0 radical (unpaired) electrons. The molecule has 0 aliphatic heterocycles. The van der Waals surface area contributed by atoms with Gasteiger partial charge in [-0.3, -0.25) is 0 Å². The van der Waals surface area contributed by atoms with Crippen LogP contribution in [0.4, 0.5) is 5.82 Å². The van der Waals surface area contributed by atoms with Crippen LogP contribution in [0, 0.1) is 13.8 Å². The molecule has 0 atom stereocenters. The molecule has 0 spiro atoms. The van der Waals surface area contributed by atoms with Crippen molar-refractivity contribution in [2.75, 3.05) is 5.32 Å². The first-order valence-corrected chi connectivity index (χ1v) is 6.61. The second-order valence-corrected chi connectivity index (χ2v) is 5.39. The summed E-state index contributed by atoms with van der Waals surface area (Å²) in [5.74, 6) is 0.903. The van der Waals surface area contributed by atoms with Crippen molar-refractivity contribution < 1.29 is 0 Å². The summed E-state index contributed by atoms with van der Waals surface area (Å²) in [7, 11) is 0. The van der Waals surface area contributed by atoms with Crippen molar-refractivity contribution in [3.05, 3.63) is 39.5 Å². The lowest BCUT2D eigenvalue weighted by molar-refractivity contribution is 0.989. The molecule has 2 aromatic heterocycles.